The van der Waals surface area contributed by atoms with Gasteiger partial charge in [0.1, 0.15) is 11.5 Å². The monoisotopic (exact) mass is 438 g/mol. The van der Waals surface area contributed by atoms with Crippen LogP contribution in [0.1, 0.15) is 39.4 Å². The van der Waals surface area contributed by atoms with Crippen LogP contribution in [0.2, 0.25) is 5.02 Å². The first kappa shape index (κ1) is 20.8. The molecule has 7 heteroatoms. The van der Waals surface area contributed by atoms with Crippen molar-refractivity contribution < 1.29 is 28.9 Å². The van der Waals surface area contributed by atoms with Crippen molar-refractivity contribution in [2.45, 2.75) is 12.3 Å². The molecular formula is C24H19ClO6. The van der Waals surface area contributed by atoms with Gasteiger partial charge in [0.2, 0.25) is 0 Å². The van der Waals surface area contributed by atoms with Gasteiger partial charge in [0.25, 0.3) is 0 Å². The standard InChI is InChI=1S/C24H19ClO6/c1-29-18-9-5-14(11-20(18)30-2)17-12-21(26)31-19-10-8-16(24(28)22(17)19)23(27)13-3-6-15(25)7-4-13/h3-11,17,28H,12H2,1-2H3. The zero-order valence-electron chi connectivity index (χ0n) is 16.8. The van der Waals surface area contributed by atoms with Crippen molar-refractivity contribution in [1.82, 2.24) is 0 Å². The number of ether oxygens (including phenoxy) is 3. The molecule has 1 heterocycles. The summed E-state index contributed by atoms with van der Waals surface area (Å²) in [5.74, 6) is -0.266. The first-order valence-electron chi connectivity index (χ1n) is 9.51. The maximum atomic E-state index is 13.0. The summed E-state index contributed by atoms with van der Waals surface area (Å²) in [6, 6.07) is 14.7. The first-order valence-corrected chi connectivity index (χ1v) is 9.89. The van der Waals surface area contributed by atoms with Gasteiger partial charge in [-0.2, -0.15) is 0 Å². The van der Waals surface area contributed by atoms with Crippen molar-refractivity contribution in [3.8, 4) is 23.0 Å². The van der Waals surface area contributed by atoms with Gasteiger partial charge in [-0.1, -0.05) is 17.7 Å². The van der Waals surface area contributed by atoms with Crippen molar-refractivity contribution in [2.75, 3.05) is 14.2 Å². The molecule has 0 aromatic heterocycles. The van der Waals surface area contributed by atoms with Crippen molar-refractivity contribution in [1.29, 1.82) is 0 Å². The van der Waals surface area contributed by atoms with Gasteiger partial charge in [-0.25, -0.2) is 0 Å². The Morgan fingerprint density at radius 3 is 2.42 bits per heavy atom. The van der Waals surface area contributed by atoms with Crippen LogP contribution < -0.4 is 14.2 Å². The lowest BCUT2D eigenvalue weighted by Gasteiger charge is -2.27. The molecule has 1 N–H and O–H groups in total. The second-order valence-corrected chi connectivity index (χ2v) is 7.49. The molecule has 0 bridgehead atoms. The highest BCUT2D eigenvalue weighted by molar-refractivity contribution is 6.30. The molecule has 6 nitrogen and oxygen atoms in total. The van der Waals surface area contributed by atoms with Gasteiger partial charge < -0.3 is 19.3 Å². The molecule has 0 radical (unpaired) electrons. The van der Waals surface area contributed by atoms with Gasteiger partial charge in [-0.05, 0) is 54.1 Å². The highest BCUT2D eigenvalue weighted by atomic mass is 35.5. The van der Waals surface area contributed by atoms with Crippen molar-refractivity contribution in [3.05, 3.63) is 81.9 Å². The van der Waals surface area contributed by atoms with Crippen molar-refractivity contribution in [3.63, 3.8) is 0 Å². The third-order valence-electron chi connectivity index (χ3n) is 5.28. The van der Waals surface area contributed by atoms with Crippen molar-refractivity contribution in [2.24, 2.45) is 0 Å². The maximum absolute atomic E-state index is 13.0. The minimum atomic E-state index is -0.519. The van der Waals surface area contributed by atoms with E-state index in [-0.39, 0.29) is 29.3 Å². The SMILES string of the molecule is COc1ccc(C2CC(=O)Oc3ccc(C(=O)c4ccc(Cl)cc4)c(O)c32)cc1OC. The number of aromatic hydroxyl groups is 1. The van der Waals surface area contributed by atoms with Crippen LogP contribution in [0.25, 0.3) is 0 Å². The number of carbonyl (C=O) groups excluding carboxylic acids is 2. The summed E-state index contributed by atoms with van der Waals surface area (Å²) in [7, 11) is 3.05. The van der Waals surface area contributed by atoms with Crippen LogP contribution in [0.3, 0.4) is 0 Å². The van der Waals surface area contributed by atoms with E-state index in [4.69, 9.17) is 25.8 Å². The summed E-state index contributed by atoms with van der Waals surface area (Å²) in [5.41, 5.74) is 1.60. The van der Waals surface area contributed by atoms with Gasteiger partial charge in [0.05, 0.1) is 26.2 Å². The molecule has 1 unspecified atom stereocenters. The number of phenolic OH excluding ortho intramolecular Hbond substituents is 1. The highest BCUT2D eigenvalue weighted by Gasteiger charge is 2.34. The van der Waals surface area contributed by atoms with E-state index in [1.807, 2.05) is 0 Å². The summed E-state index contributed by atoms with van der Waals surface area (Å²) in [5, 5.41) is 11.6. The predicted octanol–water partition coefficient (Wildman–Crippen LogP) is 4.73. The molecule has 0 spiro atoms. The third kappa shape index (κ3) is 3.82. The Balaban J connectivity index is 1.82. The Labute approximate surface area is 183 Å². The first-order chi connectivity index (χ1) is 14.9. The van der Waals surface area contributed by atoms with Gasteiger partial charge in [0.15, 0.2) is 17.3 Å². The quantitative estimate of drug-likeness (QED) is 0.352. The van der Waals surface area contributed by atoms with Crippen LogP contribution in [0.4, 0.5) is 0 Å². The number of halogens is 1. The number of carbonyl (C=O) groups is 2. The van der Waals surface area contributed by atoms with E-state index < -0.39 is 11.9 Å². The normalized spacial score (nSPS) is 15.1. The van der Waals surface area contributed by atoms with Crippen LogP contribution in [0.5, 0.6) is 23.0 Å². The zero-order chi connectivity index (χ0) is 22.1. The molecular weight excluding hydrogens is 420 g/mol. The molecule has 3 aromatic rings. The summed E-state index contributed by atoms with van der Waals surface area (Å²) >= 11 is 5.91. The Morgan fingerprint density at radius 2 is 1.74 bits per heavy atom. The Hall–Kier alpha value is -3.51. The number of hydrogen-bond acceptors (Lipinski definition) is 6. The number of benzene rings is 3. The molecule has 0 amide bonds. The fraction of sp³-hybridized carbons (Fsp3) is 0.167. The molecule has 0 aliphatic carbocycles. The molecule has 1 atom stereocenters. The number of fused-ring (bicyclic) bond motifs is 1. The fourth-order valence-electron chi connectivity index (χ4n) is 3.74. The smallest absolute Gasteiger partial charge is 0.312 e. The lowest BCUT2D eigenvalue weighted by molar-refractivity contribution is -0.135. The van der Waals surface area contributed by atoms with E-state index >= 15 is 0 Å². The lowest BCUT2D eigenvalue weighted by atomic mass is 9.84. The van der Waals surface area contributed by atoms with Gasteiger partial charge in [0, 0.05) is 22.1 Å². The topological polar surface area (TPSA) is 82.1 Å². The Morgan fingerprint density at radius 1 is 1.03 bits per heavy atom. The predicted molar refractivity (Wildman–Crippen MR) is 115 cm³/mol. The Bertz CT molecular complexity index is 1170. The average Bonchev–Trinajstić information content (AvgIpc) is 2.78. The number of phenols is 1. The van der Waals surface area contributed by atoms with Crippen LogP contribution in [-0.2, 0) is 4.79 Å². The van der Waals surface area contributed by atoms with Crippen LogP contribution in [-0.4, -0.2) is 31.1 Å². The lowest BCUT2D eigenvalue weighted by Crippen LogP contribution is -2.22. The molecule has 4 rings (SSSR count). The molecule has 0 saturated heterocycles. The number of methoxy groups -OCH3 is 2. The summed E-state index contributed by atoms with van der Waals surface area (Å²) in [6.07, 6.45) is 0.00856. The number of ketones is 1. The van der Waals surface area contributed by atoms with Gasteiger partial charge in [-0.15, -0.1) is 0 Å². The van der Waals surface area contributed by atoms with E-state index in [1.165, 1.54) is 26.4 Å². The molecule has 31 heavy (non-hydrogen) atoms. The number of hydrogen-bond donors (Lipinski definition) is 1. The van der Waals surface area contributed by atoms with Gasteiger partial charge in [-0.3, -0.25) is 9.59 Å². The van der Waals surface area contributed by atoms with Crippen LogP contribution >= 0.6 is 11.6 Å². The highest BCUT2D eigenvalue weighted by Crippen LogP contribution is 2.46. The average molecular weight is 439 g/mol. The van der Waals surface area contributed by atoms with E-state index in [2.05, 4.69) is 0 Å². The molecule has 158 valence electrons. The van der Waals surface area contributed by atoms with E-state index in [9.17, 15) is 14.7 Å². The summed E-state index contributed by atoms with van der Waals surface area (Å²) < 4.78 is 16.0. The molecule has 0 fully saturated rings. The van der Waals surface area contributed by atoms with E-state index in [0.717, 1.165) is 5.56 Å². The zero-order valence-corrected chi connectivity index (χ0v) is 17.6. The second-order valence-electron chi connectivity index (χ2n) is 7.05. The maximum Gasteiger partial charge on any atom is 0.312 e. The summed E-state index contributed by atoms with van der Waals surface area (Å²) in [6.45, 7) is 0. The molecule has 0 saturated carbocycles. The minimum Gasteiger partial charge on any atom is -0.507 e. The Kier molecular flexibility index (Phi) is 5.57. The van der Waals surface area contributed by atoms with Gasteiger partial charge >= 0.3 is 5.97 Å². The molecule has 1 aliphatic rings. The fourth-order valence-corrected chi connectivity index (χ4v) is 3.87. The van der Waals surface area contributed by atoms with Crippen LogP contribution in [0, 0.1) is 0 Å². The molecule has 3 aromatic carbocycles. The molecule has 1 aliphatic heterocycles. The summed E-state index contributed by atoms with van der Waals surface area (Å²) in [4.78, 5) is 25.2. The second kappa shape index (κ2) is 8.32. The number of esters is 1. The minimum absolute atomic E-state index is 0.00856. The largest absolute Gasteiger partial charge is 0.507 e. The van der Waals surface area contributed by atoms with Crippen LogP contribution in [0.15, 0.2) is 54.6 Å². The van der Waals surface area contributed by atoms with Crippen molar-refractivity contribution >= 4 is 23.4 Å². The third-order valence-corrected chi connectivity index (χ3v) is 5.53. The number of rotatable bonds is 5. The van der Waals surface area contributed by atoms with E-state index in [1.54, 1.807) is 42.5 Å². The van der Waals surface area contributed by atoms with E-state index in [0.29, 0.717) is 27.6 Å².